The van der Waals surface area contributed by atoms with E-state index in [9.17, 15) is 9.59 Å². The molecule has 0 N–H and O–H groups in total. The van der Waals surface area contributed by atoms with Crippen LogP contribution in [0.1, 0.15) is 20.7 Å². The molecule has 2 heterocycles. The van der Waals surface area contributed by atoms with E-state index in [1.165, 1.54) is 7.11 Å². The van der Waals surface area contributed by atoms with Gasteiger partial charge in [0.2, 0.25) is 0 Å². The smallest absolute Gasteiger partial charge is 0.338 e. The summed E-state index contributed by atoms with van der Waals surface area (Å²) in [6, 6.07) is 14.5. The van der Waals surface area contributed by atoms with Crippen molar-refractivity contribution in [2.45, 2.75) is 0 Å². The molecule has 7 heteroatoms. The SMILES string of the molecule is COC(=O)c1ccccc1C(=O)N1CCN(c2cnc3ccccc3n2)CC1. The normalized spacial score (nSPS) is 14.2. The molecule has 142 valence electrons. The molecule has 4 rings (SSSR count). The van der Waals surface area contributed by atoms with Crippen LogP contribution in [0.5, 0.6) is 0 Å². The van der Waals surface area contributed by atoms with E-state index in [0.29, 0.717) is 31.7 Å². The number of hydrogen-bond acceptors (Lipinski definition) is 6. The van der Waals surface area contributed by atoms with Crippen molar-refractivity contribution in [1.82, 2.24) is 14.9 Å². The van der Waals surface area contributed by atoms with Gasteiger partial charge in [-0.05, 0) is 24.3 Å². The van der Waals surface area contributed by atoms with Crippen molar-refractivity contribution in [3.05, 3.63) is 65.9 Å². The molecular formula is C21H20N4O3. The summed E-state index contributed by atoms with van der Waals surface area (Å²) in [6.07, 6.45) is 1.77. The number of ether oxygens (including phenoxy) is 1. The molecule has 0 aliphatic carbocycles. The number of amides is 1. The number of aromatic nitrogens is 2. The molecule has 1 saturated heterocycles. The Balaban J connectivity index is 1.48. The first-order chi connectivity index (χ1) is 13.7. The number of hydrogen-bond donors (Lipinski definition) is 0. The van der Waals surface area contributed by atoms with Gasteiger partial charge in [-0.2, -0.15) is 0 Å². The molecule has 3 aromatic rings. The van der Waals surface area contributed by atoms with E-state index in [4.69, 9.17) is 4.74 Å². The molecule has 1 amide bonds. The minimum absolute atomic E-state index is 0.162. The van der Waals surface area contributed by atoms with Crippen LogP contribution in [0, 0.1) is 0 Å². The van der Waals surface area contributed by atoms with E-state index in [-0.39, 0.29) is 11.5 Å². The lowest BCUT2D eigenvalue weighted by molar-refractivity contribution is 0.0589. The fraction of sp³-hybridized carbons (Fsp3) is 0.238. The van der Waals surface area contributed by atoms with Gasteiger partial charge in [-0.25, -0.2) is 9.78 Å². The minimum Gasteiger partial charge on any atom is -0.465 e. The van der Waals surface area contributed by atoms with Crippen molar-refractivity contribution in [1.29, 1.82) is 0 Å². The van der Waals surface area contributed by atoms with Gasteiger partial charge >= 0.3 is 5.97 Å². The van der Waals surface area contributed by atoms with E-state index < -0.39 is 5.97 Å². The number of piperazine rings is 1. The molecule has 7 nitrogen and oxygen atoms in total. The maximum Gasteiger partial charge on any atom is 0.338 e. The van der Waals surface area contributed by atoms with Gasteiger partial charge in [0.1, 0.15) is 5.82 Å². The van der Waals surface area contributed by atoms with Crippen LogP contribution in [-0.4, -0.2) is 60.0 Å². The summed E-state index contributed by atoms with van der Waals surface area (Å²) in [4.78, 5) is 37.9. The molecule has 28 heavy (non-hydrogen) atoms. The summed E-state index contributed by atoms with van der Waals surface area (Å²) >= 11 is 0. The number of nitrogens with zero attached hydrogens (tertiary/aromatic N) is 4. The highest BCUT2D eigenvalue weighted by Gasteiger charge is 2.26. The molecular weight excluding hydrogens is 356 g/mol. The highest BCUT2D eigenvalue weighted by molar-refractivity contribution is 6.05. The van der Waals surface area contributed by atoms with Crippen molar-refractivity contribution in [2.75, 3.05) is 38.2 Å². The first-order valence-electron chi connectivity index (χ1n) is 9.11. The number of methoxy groups -OCH3 is 1. The van der Waals surface area contributed by atoms with Crippen LogP contribution in [-0.2, 0) is 4.74 Å². The van der Waals surface area contributed by atoms with Crippen LogP contribution in [0.15, 0.2) is 54.7 Å². The largest absolute Gasteiger partial charge is 0.465 e. The van der Waals surface area contributed by atoms with E-state index in [1.807, 2.05) is 24.3 Å². The van der Waals surface area contributed by atoms with Gasteiger partial charge in [0, 0.05) is 26.2 Å². The lowest BCUT2D eigenvalue weighted by atomic mass is 10.1. The van der Waals surface area contributed by atoms with Crippen molar-refractivity contribution >= 4 is 28.7 Å². The average Bonchev–Trinajstić information content (AvgIpc) is 2.78. The third-order valence-electron chi connectivity index (χ3n) is 4.89. The summed E-state index contributed by atoms with van der Waals surface area (Å²) in [5, 5.41) is 0. The van der Waals surface area contributed by atoms with E-state index in [0.717, 1.165) is 16.9 Å². The zero-order chi connectivity index (χ0) is 19.5. The Labute approximate surface area is 162 Å². The number of fused-ring (bicyclic) bond motifs is 1. The molecule has 0 radical (unpaired) electrons. The van der Waals surface area contributed by atoms with Crippen molar-refractivity contribution in [3.8, 4) is 0 Å². The Hall–Kier alpha value is -3.48. The second-order valence-corrected chi connectivity index (χ2v) is 6.53. The minimum atomic E-state index is -0.506. The quantitative estimate of drug-likeness (QED) is 0.654. The van der Waals surface area contributed by atoms with Gasteiger partial charge in [-0.1, -0.05) is 24.3 Å². The number of rotatable bonds is 3. The molecule has 0 bridgehead atoms. The highest BCUT2D eigenvalue weighted by atomic mass is 16.5. The number of esters is 1. The molecule has 0 unspecified atom stereocenters. The second-order valence-electron chi connectivity index (χ2n) is 6.53. The zero-order valence-electron chi connectivity index (χ0n) is 15.5. The topological polar surface area (TPSA) is 75.6 Å². The lowest BCUT2D eigenvalue weighted by Gasteiger charge is -2.35. The number of carbonyl (C=O) groups is 2. The van der Waals surface area contributed by atoms with Crippen LogP contribution >= 0.6 is 0 Å². The van der Waals surface area contributed by atoms with Crippen molar-refractivity contribution < 1.29 is 14.3 Å². The molecule has 1 fully saturated rings. The van der Waals surface area contributed by atoms with Crippen LogP contribution in [0.4, 0.5) is 5.82 Å². The van der Waals surface area contributed by atoms with Crippen LogP contribution in [0.2, 0.25) is 0 Å². The third kappa shape index (κ3) is 3.38. The van der Waals surface area contributed by atoms with Crippen LogP contribution in [0.3, 0.4) is 0 Å². The standard InChI is InChI=1S/C21H20N4O3/c1-28-21(27)16-7-3-2-6-15(16)20(26)25-12-10-24(11-13-25)19-14-22-17-8-4-5-9-18(17)23-19/h2-9,14H,10-13H2,1H3. The van der Waals surface area contributed by atoms with Gasteiger partial charge in [-0.15, -0.1) is 0 Å². The van der Waals surface area contributed by atoms with Gasteiger partial charge in [0.15, 0.2) is 0 Å². The van der Waals surface area contributed by atoms with Gasteiger partial charge in [-0.3, -0.25) is 9.78 Å². The molecule has 2 aromatic carbocycles. The van der Waals surface area contributed by atoms with Crippen LogP contribution < -0.4 is 4.90 Å². The number of para-hydroxylation sites is 2. The van der Waals surface area contributed by atoms with E-state index in [2.05, 4.69) is 14.9 Å². The predicted octanol–water partition coefficient (Wildman–Crippen LogP) is 2.38. The Morgan fingerprint density at radius 3 is 2.25 bits per heavy atom. The molecule has 0 spiro atoms. The Bertz CT molecular complexity index is 1030. The fourth-order valence-electron chi connectivity index (χ4n) is 3.37. The maximum atomic E-state index is 12.9. The zero-order valence-corrected chi connectivity index (χ0v) is 15.5. The number of anilines is 1. The predicted molar refractivity (Wildman–Crippen MR) is 105 cm³/mol. The first kappa shape index (κ1) is 17.9. The Morgan fingerprint density at radius 1 is 0.893 bits per heavy atom. The summed E-state index contributed by atoms with van der Waals surface area (Å²) in [5.74, 6) is 0.139. The number of carbonyl (C=O) groups excluding carboxylic acids is 2. The Kier molecular flexibility index (Phi) is 4.89. The first-order valence-corrected chi connectivity index (χ1v) is 9.11. The van der Waals surface area contributed by atoms with Gasteiger partial charge in [0.05, 0.1) is 35.5 Å². The summed E-state index contributed by atoms with van der Waals surface area (Å²) < 4.78 is 4.79. The third-order valence-corrected chi connectivity index (χ3v) is 4.89. The monoisotopic (exact) mass is 376 g/mol. The highest BCUT2D eigenvalue weighted by Crippen LogP contribution is 2.19. The molecule has 1 aliphatic heterocycles. The molecule has 0 atom stereocenters. The molecule has 0 saturated carbocycles. The number of benzene rings is 2. The molecule has 1 aliphatic rings. The van der Waals surface area contributed by atoms with E-state index in [1.54, 1.807) is 35.4 Å². The van der Waals surface area contributed by atoms with Crippen LogP contribution in [0.25, 0.3) is 11.0 Å². The van der Waals surface area contributed by atoms with Gasteiger partial charge < -0.3 is 14.5 Å². The average molecular weight is 376 g/mol. The molecule has 1 aromatic heterocycles. The fourth-order valence-corrected chi connectivity index (χ4v) is 3.37. The van der Waals surface area contributed by atoms with E-state index >= 15 is 0 Å². The van der Waals surface area contributed by atoms with Gasteiger partial charge in [0.25, 0.3) is 5.91 Å². The summed E-state index contributed by atoms with van der Waals surface area (Å²) in [7, 11) is 1.31. The summed E-state index contributed by atoms with van der Waals surface area (Å²) in [5.41, 5.74) is 2.37. The lowest BCUT2D eigenvalue weighted by Crippen LogP contribution is -2.49. The maximum absolute atomic E-state index is 12.9. The second kappa shape index (κ2) is 7.64. The Morgan fingerprint density at radius 2 is 1.54 bits per heavy atom. The van der Waals surface area contributed by atoms with Crippen molar-refractivity contribution in [3.63, 3.8) is 0 Å². The van der Waals surface area contributed by atoms with Crippen molar-refractivity contribution in [2.24, 2.45) is 0 Å². The summed E-state index contributed by atoms with van der Waals surface area (Å²) in [6.45, 7) is 2.39.